The van der Waals surface area contributed by atoms with Gasteiger partial charge in [0.1, 0.15) is 0 Å². The van der Waals surface area contributed by atoms with Gasteiger partial charge in [0.05, 0.1) is 6.61 Å². The fourth-order valence-corrected chi connectivity index (χ4v) is 1.39. The number of nitrogens with zero attached hydrogens (tertiary/aromatic N) is 1. The van der Waals surface area contributed by atoms with E-state index in [0.717, 1.165) is 12.1 Å². The molecule has 1 rings (SSSR count). The molecule has 0 aliphatic rings. The summed E-state index contributed by atoms with van der Waals surface area (Å²) in [6.45, 7) is 5.88. The number of nitrogens with two attached hydrogens (primary N) is 1. The molecular weight excluding hydrogens is 200 g/mol. The molecule has 0 amide bonds. The van der Waals surface area contributed by atoms with Crippen molar-refractivity contribution in [1.29, 1.82) is 0 Å². The van der Waals surface area contributed by atoms with Crippen LogP contribution in [0.5, 0.6) is 0 Å². The van der Waals surface area contributed by atoms with Gasteiger partial charge in [-0.15, -0.1) is 0 Å². The molecule has 3 heteroatoms. The van der Waals surface area contributed by atoms with Crippen LogP contribution in [-0.4, -0.2) is 29.1 Å². The summed E-state index contributed by atoms with van der Waals surface area (Å²) < 4.78 is 0. The zero-order chi connectivity index (χ0) is 12.2. The van der Waals surface area contributed by atoms with Crippen molar-refractivity contribution < 1.29 is 5.11 Å². The van der Waals surface area contributed by atoms with Gasteiger partial charge in [0.25, 0.3) is 0 Å². The summed E-state index contributed by atoms with van der Waals surface area (Å²) in [6, 6.07) is 8.01. The summed E-state index contributed by atoms with van der Waals surface area (Å²) in [5.74, 6) is 0. The van der Waals surface area contributed by atoms with E-state index in [1.165, 1.54) is 5.56 Å². The molecule has 0 radical (unpaired) electrons. The second kappa shape index (κ2) is 5.43. The molecule has 0 unspecified atom stereocenters. The Morgan fingerprint density at radius 2 is 1.69 bits per heavy atom. The van der Waals surface area contributed by atoms with Crippen LogP contribution in [0.1, 0.15) is 25.0 Å². The minimum atomic E-state index is 0.00957. The lowest BCUT2D eigenvalue weighted by molar-refractivity contribution is 0.155. The lowest BCUT2D eigenvalue weighted by Gasteiger charge is -2.34. The van der Waals surface area contributed by atoms with Crippen LogP contribution in [0, 0.1) is 0 Å². The van der Waals surface area contributed by atoms with Gasteiger partial charge >= 0.3 is 0 Å². The largest absolute Gasteiger partial charge is 0.392 e. The normalized spacial score (nSPS) is 12.1. The van der Waals surface area contributed by atoms with Gasteiger partial charge in [-0.05, 0) is 32.0 Å². The summed E-state index contributed by atoms with van der Waals surface area (Å²) in [4.78, 5) is 2.24. The van der Waals surface area contributed by atoms with Crippen molar-refractivity contribution in [2.75, 3.05) is 13.6 Å². The summed E-state index contributed by atoms with van der Waals surface area (Å²) in [7, 11) is 2.08. The molecule has 0 atom stereocenters. The lowest BCUT2D eigenvalue weighted by Crippen LogP contribution is -2.46. The van der Waals surface area contributed by atoms with E-state index in [0.29, 0.717) is 6.54 Å². The van der Waals surface area contributed by atoms with E-state index in [-0.39, 0.29) is 12.1 Å². The molecule has 0 spiro atoms. The van der Waals surface area contributed by atoms with Crippen LogP contribution in [-0.2, 0) is 13.2 Å². The Kier molecular flexibility index (Phi) is 4.47. The highest BCUT2D eigenvalue weighted by Gasteiger charge is 2.21. The van der Waals surface area contributed by atoms with Crippen LogP contribution >= 0.6 is 0 Å². The van der Waals surface area contributed by atoms with E-state index in [1.807, 2.05) is 12.1 Å². The van der Waals surface area contributed by atoms with Gasteiger partial charge in [-0.3, -0.25) is 4.90 Å². The summed E-state index contributed by atoms with van der Waals surface area (Å²) >= 11 is 0. The van der Waals surface area contributed by atoms with Gasteiger partial charge in [0, 0.05) is 18.6 Å². The van der Waals surface area contributed by atoms with E-state index in [1.54, 1.807) is 0 Å². The first kappa shape index (κ1) is 13.2. The topological polar surface area (TPSA) is 49.5 Å². The van der Waals surface area contributed by atoms with Crippen molar-refractivity contribution in [3.8, 4) is 0 Å². The fraction of sp³-hybridized carbons (Fsp3) is 0.538. The highest BCUT2D eigenvalue weighted by atomic mass is 16.3. The van der Waals surface area contributed by atoms with Gasteiger partial charge < -0.3 is 10.8 Å². The first-order valence-electron chi connectivity index (χ1n) is 5.59. The van der Waals surface area contributed by atoms with Gasteiger partial charge in [-0.2, -0.15) is 0 Å². The first-order valence-corrected chi connectivity index (χ1v) is 5.59. The molecule has 16 heavy (non-hydrogen) atoms. The average molecular weight is 222 g/mol. The average Bonchev–Trinajstić information content (AvgIpc) is 2.30. The molecule has 0 bridgehead atoms. The van der Waals surface area contributed by atoms with Gasteiger partial charge in [0.2, 0.25) is 0 Å². The number of aliphatic hydroxyl groups excluding tert-OH is 1. The molecule has 0 aromatic heterocycles. The smallest absolute Gasteiger partial charge is 0.0681 e. The third-order valence-corrected chi connectivity index (χ3v) is 3.16. The quantitative estimate of drug-likeness (QED) is 0.790. The number of likely N-dealkylation sites (N-methyl/N-ethyl adjacent to an activating group) is 1. The number of hydrogen-bond donors (Lipinski definition) is 2. The third-order valence-electron chi connectivity index (χ3n) is 3.16. The zero-order valence-corrected chi connectivity index (χ0v) is 10.4. The van der Waals surface area contributed by atoms with Crippen molar-refractivity contribution in [3.05, 3.63) is 35.4 Å². The summed E-state index contributed by atoms with van der Waals surface area (Å²) in [5.41, 5.74) is 7.93. The molecule has 3 N–H and O–H groups in total. The van der Waals surface area contributed by atoms with Gasteiger partial charge in [0.15, 0.2) is 0 Å². The van der Waals surface area contributed by atoms with Crippen molar-refractivity contribution in [2.45, 2.75) is 32.5 Å². The number of benzene rings is 1. The fourth-order valence-electron chi connectivity index (χ4n) is 1.39. The molecule has 0 fully saturated rings. The molecule has 3 nitrogen and oxygen atoms in total. The van der Waals surface area contributed by atoms with Crippen LogP contribution < -0.4 is 5.73 Å². The molecule has 0 heterocycles. The maximum atomic E-state index is 8.95. The van der Waals surface area contributed by atoms with E-state index in [2.05, 4.69) is 37.9 Å². The highest BCUT2D eigenvalue weighted by molar-refractivity contribution is 5.22. The lowest BCUT2D eigenvalue weighted by atomic mass is 10.0. The molecular formula is C13H22N2O. The van der Waals surface area contributed by atoms with E-state index < -0.39 is 0 Å². The van der Waals surface area contributed by atoms with Gasteiger partial charge in [-0.25, -0.2) is 0 Å². The zero-order valence-electron chi connectivity index (χ0n) is 10.4. The number of hydrogen-bond acceptors (Lipinski definition) is 3. The maximum Gasteiger partial charge on any atom is 0.0681 e. The van der Waals surface area contributed by atoms with Crippen molar-refractivity contribution >= 4 is 0 Å². The Labute approximate surface area is 97.9 Å². The van der Waals surface area contributed by atoms with Crippen LogP contribution in [0.2, 0.25) is 0 Å². The maximum absolute atomic E-state index is 8.95. The second-order valence-electron chi connectivity index (χ2n) is 4.85. The number of rotatable bonds is 5. The van der Waals surface area contributed by atoms with Gasteiger partial charge in [-0.1, -0.05) is 24.3 Å². The first-order chi connectivity index (χ1) is 7.49. The SMILES string of the molecule is CN(Cc1ccc(CO)cc1)C(C)(C)CN. The van der Waals surface area contributed by atoms with Crippen molar-refractivity contribution in [3.63, 3.8) is 0 Å². The minimum absolute atomic E-state index is 0.00957. The minimum Gasteiger partial charge on any atom is -0.392 e. The van der Waals surface area contributed by atoms with Crippen molar-refractivity contribution in [1.82, 2.24) is 4.90 Å². The Bertz CT molecular complexity index is 319. The molecule has 0 aliphatic heterocycles. The summed E-state index contributed by atoms with van der Waals surface area (Å²) in [5, 5.41) is 8.95. The predicted molar refractivity (Wildman–Crippen MR) is 67.0 cm³/mol. The summed E-state index contributed by atoms with van der Waals surface area (Å²) in [6.07, 6.45) is 0. The molecule has 0 saturated carbocycles. The Morgan fingerprint density at radius 1 is 1.19 bits per heavy atom. The van der Waals surface area contributed by atoms with E-state index in [4.69, 9.17) is 10.8 Å². The monoisotopic (exact) mass is 222 g/mol. The van der Waals surface area contributed by atoms with Crippen LogP contribution in [0.3, 0.4) is 0 Å². The third kappa shape index (κ3) is 3.30. The molecule has 0 aliphatic carbocycles. The van der Waals surface area contributed by atoms with Crippen LogP contribution in [0.25, 0.3) is 0 Å². The van der Waals surface area contributed by atoms with Crippen molar-refractivity contribution in [2.24, 2.45) is 5.73 Å². The molecule has 1 aromatic rings. The standard InChI is InChI=1S/C13H22N2O/c1-13(2,10-14)15(3)8-11-4-6-12(9-16)7-5-11/h4-7,16H,8-10,14H2,1-3H3. The Balaban J connectivity index is 2.66. The predicted octanol–water partition coefficient (Wildman–Crippen LogP) is 1.35. The molecule has 1 aromatic carbocycles. The Morgan fingerprint density at radius 3 is 2.12 bits per heavy atom. The Hall–Kier alpha value is -0.900. The van der Waals surface area contributed by atoms with E-state index >= 15 is 0 Å². The second-order valence-corrected chi connectivity index (χ2v) is 4.85. The molecule has 90 valence electrons. The van der Waals surface area contributed by atoms with Crippen LogP contribution in [0.4, 0.5) is 0 Å². The number of aliphatic hydroxyl groups is 1. The molecule has 0 saturated heterocycles. The van der Waals surface area contributed by atoms with E-state index in [9.17, 15) is 0 Å². The van der Waals surface area contributed by atoms with Crippen LogP contribution in [0.15, 0.2) is 24.3 Å². The highest BCUT2D eigenvalue weighted by Crippen LogP contribution is 2.14.